The molecule has 3 N–H and O–H groups in total. The van der Waals surface area contributed by atoms with Crippen molar-refractivity contribution in [3.63, 3.8) is 0 Å². The van der Waals surface area contributed by atoms with E-state index in [4.69, 9.17) is 5.84 Å². The molecule has 3 aromatic heterocycles. The predicted octanol–water partition coefficient (Wildman–Crippen LogP) is 1.04. The molecule has 0 saturated carbocycles. The fraction of sp³-hybridized carbons (Fsp3) is 0.167. The highest BCUT2D eigenvalue weighted by Crippen LogP contribution is 2.16. The van der Waals surface area contributed by atoms with Gasteiger partial charge in [0.2, 0.25) is 11.9 Å². The van der Waals surface area contributed by atoms with E-state index < -0.39 is 0 Å². The van der Waals surface area contributed by atoms with E-state index in [9.17, 15) is 0 Å². The monoisotopic (exact) mass is 302 g/mol. The first-order valence-electron chi connectivity index (χ1n) is 6.22. The molecule has 0 aliphatic rings. The van der Waals surface area contributed by atoms with Crippen molar-refractivity contribution in [2.24, 2.45) is 5.84 Å². The molecule has 0 atom stereocenters. The first kappa shape index (κ1) is 13.5. The third-order valence-corrected chi connectivity index (χ3v) is 3.63. The van der Waals surface area contributed by atoms with Crippen LogP contribution in [0.3, 0.4) is 0 Å². The summed E-state index contributed by atoms with van der Waals surface area (Å²) in [5, 5.41) is 6.16. The number of nitrogens with one attached hydrogen (secondary N) is 1. The highest BCUT2D eigenvalue weighted by Gasteiger charge is 2.12. The molecule has 108 valence electrons. The molecule has 0 radical (unpaired) electrons. The van der Waals surface area contributed by atoms with Crippen LogP contribution in [0.2, 0.25) is 0 Å². The number of anilines is 2. The summed E-state index contributed by atoms with van der Waals surface area (Å²) in [5.74, 6) is 6.66. The lowest BCUT2D eigenvalue weighted by atomic mass is 10.4. The zero-order valence-corrected chi connectivity index (χ0v) is 12.2. The van der Waals surface area contributed by atoms with Crippen molar-refractivity contribution in [3.05, 3.63) is 40.8 Å². The molecule has 9 heteroatoms. The molecule has 0 amide bonds. The predicted molar refractivity (Wildman–Crippen MR) is 81.2 cm³/mol. The second-order valence-electron chi connectivity index (χ2n) is 4.29. The fourth-order valence-corrected chi connectivity index (χ4v) is 2.54. The summed E-state index contributed by atoms with van der Waals surface area (Å²) in [5.41, 5.74) is 2.46. The van der Waals surface area contributed by atoms with E-state index in [1.54, 1.807) is 34.5 Å². The Balaban J connectivity index is 1.92. The van der Waals surface area contributed by atoms with Crippen LogP contribution in [0.15, 0.2) is 36.0 Å². The second kappa shape index (κ2) is 5.85. The lowest BCUT2D eigenvalue weighted by Crippen LogP contribution is -2.22. The molecule has 0 spiro atoms. The number of nitrogens with zero attached hydrogens (tertiary/aromatic N) is 6. The highest BCUT2D eigenvalue weighted by atomic mass is 32.1. The fourth-order valence-electron chi connectivity index (χ4n) is 1.79. The van der Waals surface area contributed by atoms with Crippen molar-refractivity contribution in [3.8, 4) is 5.95 Å². The van der Waals surface area contributed by atoms with Crippen LogP contribution >= 0.6 is 11.3 Å². The number of hydrazine groups is 1. The molecule has 3 rings (SSSR count). The van der Waals surface area contributed by atoms with E-state index in [0.29, 0.717) is 24.4 Å². The van der Waals surface area contributed by atoms with Gasteiger partial charge in [-0.25, -0.2) is 10.5 Å². The van der Waals surface area contributed by atoms with Crippen LogP contribution in [0.25, 0.3) is 5.95 Å². The zero-order valence-electron chi connectivity index (χ0n) is 11.3. The maximum Gasteiger partial charge on any atom is 0.257 e. The number of hydrogen-bond acceptors (Lipinski definition) is 8. The third-order valence-electron chi connectivity index (χ3n) is 2.76. The Kier molecular flexibility index (Phi) is 3.75. The Bertz CT molecular complexity index is 694. The minimum absolute atomic E-state index is 0.295. The van der Waals surface area contributed by atoms with Crippen molar-refractivity contribution >= 4 is 23.2 Å². The van der Waals surface area contributed by atoms with Gasteiger partial charge in [0, 0.05) is 24.3 Å². The van der Waals surface area contributed by atoms with Crippen LogP contribution in [0.1, 0.15) is 4.88 Å². The first-order valence-corrected chi connectivity index (χ1v) is 7.10. The molecule has 3 aromatic rings. The largest absolute Gasteiger partial charge is 0.339 e. The van der Waals surface area contributed by atoms with Crippen LogP contribution in [0, 0.1) is 0 Å². The zero-order chi connectivity index (χ0) is 14.7. The van der Waals surface area contributed by atoms with Crippen LogP contribution in [-0.2, 0) is 6.54 Å². The van der Waals surface area contributed by atoms with Crippen molar-refractivity contribution in [1.29, 1.82) is 0 Å². The molecule has 3 heterocycles. The van der Waals surface area contributed by atoms with Gasteiger partial charge in [0.15, 0.2) is 0 Å². The van der Waals surface area contributed by atoms with Crippen molar-refractivity contribution in [2.45, 2.75) is 6.54 Å². The SMILES string of the molecule is CN(Cc1cccs1)c1nc(NN)nc(-n2cccn2)n1. The van der Waals surface area contributed by atoms with Gasteiger partial charge in [-0.2, -0.15) is 20.1 Å². The lowest BCUT2D eigenvalue weighted by Gasteiger charge is -2.17. The maximum absolute atomic E-state index is 5.43. The summed E-state index contributed by atoms with van der Waals surface area (Å²) < 4.78 is 1.56. The summed E-state index contributed by atoms with van der Waals surface area (Å²) in [6.07, 6.45) is 3.42. The standard InChI is InChI=1S/C12H14N8S/c1-19(8-9-4-2-7-21-9)11-15-10(18-13)16-12(17-11)20-6-3-5-14-20/h2-7H,8,13H2,1H3,(H,15,16,17,18). The van der Waals surface area contributed by atoms with Gasteiger partial charge in [0.1, 0.15) is 0 Å². The van der Waals surface area contributed by atoms with E-state index in [-0.39, 0.29) is 0 Å². The van der Waals surface area contributed by atoms with Gasteiger partial charge < -0.3 is 4.90 Å². The minimum atomic E-state index is 0.295. The van der Waals surface area contributed by atoms with Gasteiger partial charge in [-0.15, -0.1) is 11.3 Å². The van der Waals surface area contributed by atoms with E-state index in [0.717, 1.165) is 0 Å². The van der Waals surface area contributed by atoms with Crippen molar-refractivity contribution in [2.75, 3.05) is 17.4 Å². The van der Waals surface area contributed by atoms with E-state index in [2.05, 4.69) is 31.5 Å². The summed E-state index contributed by atoms with van der Waals surface area (Å²) in [6.45, 7) is 0.713. The number of aromatic nitrogens is 5. The Morgan fingerprint density at radius 3 is 2.90 bits per heavy atom. The Hall–Kier alpha value is -2.52. The maximum atomic E-state index is 5.43. The van der Waals surface area contributed by atoms with Crippen LogP contribution in [0.5, 0.6) is 0 Å². The van der Waals surface area contributed by atoms with E-state index in [1.165, 1.54) is 4.88 Å². The smallest absolute Gasteiger partial charge is 0.257 e. The Morgan fingerprint density at radius 1 is 1.33 bits per heavy atom. The molecule has 0 aliphatic heterocycles. The number of nitrogen functional groups attached to an aromatic ring is 1. The normalized spacial score (nSPS) is 10.6. The molecule has 8 nitrogen and oxygen atoms in total. The van der Waals surface area contributed by atoms with E-state index in [1.807, 2.05) is 23.4 Å². The van der Waals surface area contributed by atoms with Gasteiger partial charge in [0.05, 0.1) is 6.54 Å². The van der Waals surface area contributed by atoms with Gasteiger partial charge in [-0.3, -0.25) is 5.43 Å². The topological polar surface area (TPSA) is 97.8 Å². The highest BCUT2D eigenvalue weighted by molar-refractivity contribution is 7.09. The quantitative estimate of drug-likeness (QED) is 0.537. The van der Waals surface area contributed by atoms with Crippen molar-refractivity contribution < 1.29 is 0 Å². The summed E-state index contributed by atoms with van der Waals surface area (Å²) in [6, 6.07) is 5.89. The average molecular weight is 302 g/mol. The summed E-state index contributed by atoms with van der Waals surface area (Å²) >= 11 is 1.69. The molecule has 0 aliphatic carbocycles. The van der Waals surface area contributed by atoms with Crippen LogP contribution < -0.4 is 16.2 Å². The van der Waals surface area contributed by atoms with Crippen LogP contribution in [-0.4, -0.2) is 31.8 Å². The number of nitrogens with two attached hydrogens (primary N) is 1. The number of rotatable bonds is 5. The Morgan fingerprint density at radius 2 is 2.24 bits per heavy atom. The first-order chi connectivity index (χ1) is 10.3. The van der Waals surface area contributed by atoms with Gasteiger partial charge in [-0.05, 0) is 17.5 Å². The van der Waals surface area contributed by atoms with Gasteiger partial charge in [-0.1, -0.05) is 6.07 Å². The molecular formula is C12H14N8S. The van der Waals surface area contributed by atoms with Crippen LogP contribution in [0.4, 0.5) is 11.9 Å². The second-order valence-corrected chi connectivity index (χ2v) is 5.32. The number of hydrogen-bond donors (Lipinski definition) is 2. The summed E-state index contributed by atoms with van der Waals surface area (Å²) in [4.78, 5) is 16.0. The van der Waals surface area contributed by atoms with E-state index >= 15 is 0 Å². The van der Waals surface area contributed by atoms with Crippen molar-refractivity contribution in [1.82, 2.24) is 24.7 Å². The lowest BCUT2D eigenvalue weighted by molar-refractivity contribution is 0.776. The minimum Gasteiger partial charge on any atom is -0.339 e. The van der Waals surface area contributed by atoms with Gasteiger partial charge in [0.25, 0.3) is 5.95 Å². The molecule has 0 bridgehead atoms. The molecule has 0 saturated heterocycles. The molecule has 0 fully saturated rings. The number of thiophene rings is 1. The average Bonchev–Trinajstić information content (AvgIpc) is 3.20. The molecule has 21 heavy (non-hydrogen) atoms. The Labute approximate surface area is 125 Å². The van der Waals surface area contributed by atoms with Gasteiger partial charge >= 0.3 is 0 Å². The molecule has 0 unspecified atom stereocenters. The molecule has 0 aromatic carbocycles. The summed E-state index contributed by atoms with van der Waals surface area (Å²) in [7, 11) is 1.92. The third kappa shape index (κ3) is 2.98. The molecular weight excluding hydrogens is 288 g/mol.